The van der Waals surface area contributed by atoms with Crippen LogP contribution in [0.25, 0.3) is 0 Å². The Morgan fingerprint density at radius 2 is 1.62 bits per heavy atom. The third kappa shape index (κ3) is 5.57. The zero-order valence-electron chi connectivity index (χ0n) is 15.3. The Balaban J connectivity index is 2.09. The van der Waals surface area contributed by atoms with Gasteiger partial charge in [0, 0.05) is 18.8 Å². The van der Waals surface area contributed by atoms with Crippen molar-refractivity contribution in [1.29, 1.82) is 5.26 Å². The van der Waals surface area contributed by atoms with Crippen LogP contribution >= 0.6 is 24.0 Å². The minimum absolute atomic E-state index is 0.658. The van der Waals surface area contributed by atoms with E-state index in [2.05, 4.69) is 16.3 Å². The molecule has 0 atom stereocenters. The second-order valence-corrected chi connectivity index (χ2v) is 8.14. The summed E-state index contributed by atoms with van der Waals surface area (Å²) in [6, 6.07) is 22.7. The van der Waals surface area contributed by atoms with Gasteiger partial charge in [0.1, 0.15) is 9.74 Å². The summed E-state index contributed by atoms with van der Waals surface area (Å²) in [6.07, 6.45) is 0.706. The van der Waals surface area contributed by atoms with Crippen LogP contribution in [0, 0.1) is 11.3 Å². The number of hydrogen-bond donors (Lipinski definition) is 1. The van der Waals surface area contributed by atoms with Crippen molar-refractivity contribution in [3.8, 4) is 6.07 Å². The van der Waals surface area contributed by atoms with Gasteiger partial charge in [-0.25, -0.2) is 0 Å². The van der Waals surface area contributed by atoms with Crippen LogP contribution in [0.2, 0.25) is 0 Å². The number of nitriles is 1. The van der Waals surface area contributed by atoms with Crippen molar-refractivity contribution in [2.45, 2.75) is 11.8 Å². The fourth-order valence-electron chi connectivity index (χ4n) is 2.82. The van der Waals surface area contributed by atoms with E-state index in [1.807, 2.05) is 74.8 Å². The Hall–Kier alpha value is -1.87. The molecule has 26 heavy (non-hydrogen) atoms. The first-order valence-electron chi connectivity index (χ1n) is 8.66. The predicted octanol–water partition coefficient (Wildman–Crippen LogP) is 4.06. The van der Waals surface area contributed by atoms with Gasteiger partial charge in [-0.1, -0.05) is 84.6 Å². The highest BCUT2D eigenvalue weighted by Crippen LogP contribution is 2.36. The Bertz CT molecular complexity index is 684. The standard InChI is InChI=1S/C21H25N3S2/c1-24(2)15-14-23-20(25)26-16-13-21(17-22,18-9-5-3-6-10-18)19-11-7-4-8-12-19/h3-12H,13-16H2,1-2H3,(H,23,25). The van der Waals surface area contributed by atoms with E-state index in [-0.39, 0.29) is 0 Å². The Labute approximate surface area is 166 Å². The molecule has 1 N–H and O–H groups in total. The van der Waals surface area contributed by atoms with Crippen molar-refractivity contribution in [2.24, 2.45) is 0 Å². The van der Waals surface area contributed by atoms with Crippen LogP contribution in [-0.2, 0) is 5.41 Å². The van der Waals surface area contributed by atoms with Crippen molar-refractivity contribution < 1.29 is 0 Å². The quantitative estimate of drug-likeness (QED) is 0.696. The first kappa shape index (κ1) is 20.4. The molecule has 0 saturated carbocycles. The van der Waals surface area contributed by atoms with E-state index in [0.29, 0.717) is 6.42 Å². The topological polar surface area (TPSA) is 39.1 Å². The molecule has 2 aromatic carbocycles. The molecular formula is C21H25N3S2. The number of thioether (sulfide) groups is 1. The van der Waals surface area contributed by atoms with Gasteiger partial charge in [-0.05, 0) is 31.6 Å². The van der Waals surface area contributed by atoms with Crippen molar-refractivity contribution in [3.05, 3.63) is 71.8 Å². The Morgan fingerprint density at radius 3 is 2.08 bits per heavy atom. The number of nitrogens with one attached hydrogen (secondary N) is 1. The smallest absolute Gasteiger partial charge is 0.133 e. The second-order valence-electron chi connectivity index (χ2n) is 6.37. The second kappa shape index (κ2) is 10.3. The highest BCUT2D eigenvalue weighted by Gasteiger charge is 2.34. The largest absolute Gasteiger partial charge is 0.370 e. The first-order chi connectivity index (χ1) is 12.6. The minimum atomic E-state index is -0.658. The Kier molecular flexibility index (Phi) is 8.11. The lowest BCUT2D eigenvalue weighted by atomic mass is 9.74. The fourth-order valence-corrected chi connectivity index (χ4v) is 3.96. The number of thiocarbonyl (C=S) groups is 1. The highest BCUT2D eigenvalue weighted by molar-refractivity contribution is 8.22. The molecule has 0 unspecified atom stereocenters. The van der Waals surface area contributed by atoms with Crippen LogP contribution in [-0.4, -0.2) is 42.2 Å². The van der Waals surface area contributed by atoms with Gasteiger partial charge >= 0.3 is 0 Å². The van der Waals surface area contributed by atoms with Crippen LogP contribution in [0.3, 0.4) is 0 Å². The van der Waals surface area contributed by atoms with Gasteiger partial charge < -0.3 is 10.2 Å². The zero-order valence-corrected chi connectivity index (χ0v) is 16.9. The van der Waals surface area contributed by atoms with E-state index in [9.17, 15) is 5.26 Å². The van der Waals surface area contributed by atoms with E-state index in [1.54, 1.807) is 11.8 Å². The van der Waals surface area contributed by atoms with Gasteiger partial charge in [-0.15, -0.1) is 0 Å². The number of hydrogen-bond acceptors (Lipinski definition) is 4. The molecule has 0 fully saturated rings. The van der Waals surface area contributed by atoms with E-state index in [4.69, 9.17) is 12.2 Å². The lowest BCUT2D eigenvalue weighted by Gasteiger charge is -2.28. The molecule has 136 valence electrons. The van der Waals surface area contributed by atoms with Crippen LogP contribution in [0.4, 0.5) is 0 Å². The average Bonchev–Trinajstić information content (AvgIpc) is 2.66. The summed E-state index contributed by atoms with van der Waals surface area (Å²) < 4.78 is 0.791. The number of rotatable bonds is 8. The average molecular weight is 384 g/mol. The first-order valence-corrected chi connectivity index (χ1v) is 10.1. The van der Waals surface area contributed by atoms with Gasteiger partial charge in [-0.3, -0.25) is 0 Å². The molecule has 0 radical (unpaired) electrons. The number of nitrogens with zero attached hydrogens (tertiary/aromatic N) is 2. The molecule has 2 rings (SSSR count). The zero-order chi connectivity index (χ0) is 18.8. The summed E-state index contributed by atoms with van der Waals surface area (Å²) in [5, 5.41) is 13.4. The summed E-state index contributed by atoms with van der Waals surface area (Å²) >= 11 is 7.02. The monoisotopic (exact) mass is 383 g/mol. The Morgan fingerprint density at radius 1 is 1.08 bits per heavy atom. The van der Waals surface area contributed by atoms with Gasteiger partial charge in [0.25, 0.3) is 0 Å². The van der Waals surface area contributed by atoms with Gasteiger partial charge in [0.05, 0.1) is 6.07 Å². The molecule has 3 nitrogen and oxygen atoms in total. The number of likely N-dealkylation sites (N-methyl/N-ethyl adjacent to an activating group) is 1. The van der Waals surface area contributed by atoms with E-state index < -0.39 is 5.41 Å². The third-order valence-corrected chi connectivity index (χ3v) is 5.58. The van der Waals surface area contributed by atoms with Gasteiger partial charge in [0.15, 0.2) is 0 Å². The van der Waals surface area contributed by atoms with Crippen molar-refractivity contribution in [1.82, 2.24) is 10.2 Å². The molecule has 5 heteroatoms. The van der Waals surface area contributed by atoms with E-state index >= 15 is 0 Å². The summed E-state index contributed by atoms with van der Waals surface area (Å²) in [5.74, 6) is 0.783. The van der Waals surface area contributed by atoms with E-state index in [0.717, 1.165) is 34.3 Å². The van der Waals surface area contributed by atoms with E-state index in [1.165, 1.54) is 0 Å². The van der Waals surface area contributed by atoms with Crippen molar-refractivity contribution in [3.63, 3.8) is 0 Å². The van der Waals surface area contributed by atoms with Crippen molar-refractivity contribution in [2.75, 3.05) is 32.9 Å². The molecule has 0 aliphatic carbocycles. The molecule has 0 bridgehead atoms. The summed E-state index contributed by atoms with van der Waals surface area (Å²) in [5.41, 5.74) is 1.40. The maximum absolute atomic E-state index is 10.1. The maximum Gasteiger partial charge on any atom is 0.133 e. The lowest BCUT2D eigenvalue weighted by molar-refractivity contribution is 0.413. The number of benzene rings is 2. The maximum atomic E-state index is 10.1. The molecule has 0 heterocycles. The lowest BCUT2D eigenvalue weighted by Crippen LogP contribution is -2.30. The molecule has 0 aliphatic rings. The summed E-state index contributed by atoms with van der Waals surface area (Å²) in [7, 11) is 4.08. The molecule has 0 aliphatic heterocycles. The summed E-state index contributed by atoms with van der Waals surface area (Å²) in [4.78, 5) is 2.12. The predicted molar refractivity (Wildman–Crippen MR) is 116 cm³/mol. The summed E-state index contributed by atoms with van der Waals surface area (Å²) in [6.45, 7) is 1.77. The van der Waals surface area contributed by atoms with Gasteiger partial charge in [-0.2, -0.15) is 5.26 Å². The van der Waals surface area contributed by atoms with Crippen LogP contribution in [0.1, 0.15) is 17.5 Å². The van der Waals surface area contributed by atoms with Crippen LogP contribution < -0.4 is 5.32 Å². The molecular weight excluding hydrogens is 358 g/mol. The van der Waals surface area contributed by atoms with Crippen LogP contribution in [0.5, 0.6) is 0 Å². The van der Waals surface area contributed by atoms with Crippen LogP contribution in [0.15, 0.2) is 60.7 Å². The van der Waals surface area contributed by atoms with Crippen molar-refractivity contribution >= 4 is 28.3 Å². The minimum Gasteiger partial charge on any atom is -0.370 e. The normalized spacial score (nSPS) is 11.2. The third-order valence-electron chi connectivity index (χ3n) is 4.26. The SMILES string of the molecule is CN(C)CCNC(=S)SCCC(C#N)(c1ccccc1)c1ccccc1. The van der Waals surface area contributed by atoms with Gasteiger partial charge in [0.2, 0.25) is 0 Å². The highest BCUT2D eigenvalue weighted by atomic mass is 32.2. The molecule has 0 aromatic heterocycles. The molecule has 2 aromatic rings. The molecule has 0 spiro atoms. The molecule has 0 saturated heterocycles. The fraction of sp³-hybridized carbons (Fsp3) is 0.333. The molecule has 0 amide bonds.